The van der Waals surface area contributed by atoms with Gasteiger partial charge < -0.3 is 5.73 Å². The summed E-state index contributed by atoms with van der Waals surface area (Å²) in [4.78, 5) is 2.55. The summed E-state index contributed by atoms with van der Waals surface area (Å²) in [7, 11) is 2.26. The van der Waals surface area contributed by atoms with Crippen molar-refractivity contribution in [2.75, 3.05) is 25.6 Å². The summed E-state index contributed by atoms with van der Waals surface area (Å²) in [5.41, 5.74) is 6.69. The minimum absolute atomic E-state index is 0.210. The van der Waals surface area contributed by atoms with E-state index in [0.717, 1.165) is 6.54 Å². The Balaban J connectivity index is 2.87. The van der Waals surface area contributed by atoms with Gasteiger partial charge in [0.15, 0.2) is 0 Å². The Morgan fingerprint density at radius 1 is 1.38 bits per heavy atom. The SMILES string of the molecule is CSCC(C)N(C)C1(CN)CCCC1(C)C. The Labute approximate surface area is 105 Å². The summed E-state index contributed by atoms with van der Waals surface area (Å²) in [6, 6.07) is 0.607. The number of nitrogens with two attached hydrogens (primary N) is 1. The molecule has 0 aromatic carbocycles. The first kappa shape index (κ1) is 14.3. The normalized spacial score (nSPS) is 30.9. The lowest BCUT2D eigenvalue weighted by molar-refractivity contribution is 0.0130. The molecule has 0 saturated heterocycles. The molecule has 0 aromatic rings. The number of hydrogen-bond acceptors (Lipinski definition) is 3. The Morgan fingerprint density at radius 2 is 2.00 bits per heavy atom. The molecule has 1 saturated carbocycles. The molecule has 3 heteroatoms. The van der Waals surface area contributed by atoms with Gasteiger partial charge in [-0.15, -0.1) is 0 Å². The molecular formula is C13H28N2S. The first-order valence-electron chi connectivity index (χ1n) is 6.33. The van der Waals surface area contributed by atoms with Gasteiger partial charge >= 0.3 is 0 Å². The fourth-order valence-electron chi connectivity index (χ4n) is 3.34. The molecule has 96 valence electrons. The molecule has 2 atom stereocenters. The largest absolute Gasteiger partial charge is 0.329 e. The molecule has 0 heterocycles. The van der Waals surface area contributed by atoms with Crippen molar-refractivity contribution >= 4 is 11.8 Å². The minimum atomic E-state index is 0.210. The predicted molar refractivity (Wildman–Crippen MR) is 75.0 cm³/mol. The molecule has 2 N–H and O–H groups in total. The molecule has 2 nitrogen and oxygen atoms in total. The first-order chi connectivity index (χ1) is 7.41. The highest BCUT2D eigenvalue weighted by atomic mass is 32.2. The van der Waals surface area contributed by atoms with E-state index in [4.69, 9.17) is 5.73 Å². The van der Waals surface area contributed by atoms with E-state index in [-0.39, 0.29) is 5.54 Å². The highest BCUT2D eigenvalue weighted by molar-refractivity contribution is 7.98. The zero-order valence-electron chi connectivity index (χ0n) is 11.5. The topological polar surface area (TPSA) is 29.3 Å². The van der Waals surface area contributed by atoms with Crippen molar-refractivity contribution in [3.05, 3.63) is 0 Å². The highest BCUT2D eigenvalue weighted by Gasteiger charge is 2.51. The van der Waals surface area contributed by atoms with Gasteiger partial charge in [-0.2, -0.15) is 11.8 Å². The van der Waals surface area contributed by atoms with E-state index in [1.54, 1.807) is 0 Å². The summed E-state index contributed by atoms with van der Waals surface area (Å²) >= 11 is 1.92. The molecule has 0 aromatic heterocycles. The van der Waals surface area contributed by atoms with Crippen LogP contribution in [0.3, 0.4) is 0 Å². The van der Waals surface area contributed by atoms with Gasteiger partial charge in [0.1, 0.15) is 0 Å². The van der Waals surface area contributed by atoms with Crippen LogP contribution in [-0.4, -0.2) is 42.1 Å². The number of thioether (sulfide) groups is 1. The number of likely N-dealkylation sites (N-methyl/N-ethyl adjacent to an activating group) is 1. The van der Waals surface area contributed by atoms with Gasteiger partial charge in [-0.3, -0.25) is 4.90 Å². The van der Waals surface area contributed by atoms with Crippen LogP contribution in [0.15, 0.2) is 0 Å². The van der Waals surface area contributed by atoms with E-state index in [0.29, 0.717) is 11.5 Å². The minimum Gasteiger partial charge on any atom is -0.329 e. The molecule has 2 unspecified atom stereocenters. The average Bonchev–Trinajstić information content (AvgIpc) is 2.53. The average molecular weight is 244 g/mol. The van der Waals surface area contributed by atoms with Crippen molar-refractivity contribution in [3.8, 4) is 0 Å². The molecule has 0 bridgehead atoms. The lowest BCUT2D eigenvalue weighted by Gasteiger charge is -2.50. The second kappa shape index (κ2) is 5.28. The second-order valence-corrected chi connectivity index (χ2v) is 6.80. The Bertz CT molecular complexity index is 230. The summed E-state index contributed by atoms with van der Waals surface area (Å²) in [5, 5.41) is 0. The maximum absolute atomic E-state index is 6.13. The van der Waals surface area contributed by atoms with Crippen molar-refractivity contribution in [2.24, 2.45) is 11.1 Å². The van der Waals surface area contributed by atoms with Crippen molar-refractivity contribution < 1.29 is 0 Å². The summed E-state index contributed by atoms with van der Waals surface area (Å²) in [5.74, 6) is 1.19. The molecule has 0 amide bonds. The molecule has 1 aliphatic rings. The molecule has 0 radical (unpaired) electrons. The summed E-state index contributed by atoms with van der Waals surface area (Å²) in [6.07, 6.45) is 6.06. The summed E-state index contributed by atoms with van der Waals surface area (Å²) < 4.78 is 0. The van der Waals surface area contributed by atoms with Crippen molar-refractivity contribution in [3.63, 3.8) is 0 Å². The third-order valence-corrected chi connectivity index (χ3v) is 5.55. The van der Waals surface area contributed by atoms with Gasteiger partial charge in [0.2, 0.25) is 0 Å². The quantitative estimate of drug-likeness (QED) is 0.806. The Hall–Kier alpha value is 0.270. The highest BCUT2D eigenvalue weighted by Crippen LogP contribution is 2.49. The maximum Gasteiger partial charge on any atom is 0.0382 e. The zero-order chi connectivity index (χ0) is 12.4. The monoisotopic (exact) mass is 244 g/mol. The van der Waals surface area contributed by atoms with Crippen LogP contribution in [0.5, 0.6) is 0 Å². The van der Waals surface area contributed by atoms with Crippen LogP contribution in [0.1, 0.15) is 40.0 Å². The fourth-order valence-corrected chi connectivity index (χ4v) is 4.05. The van der Waals surface area contributed by atoms with Gasteiger partial charge in [-0.05, 0) is 38.5 Å². The Kier molecular flexibility index (Phi) is 4.73. The lowest BCUT2D eigenvalue weighted by Crippen LogP contribution is -2.61. The van der Waals surface area contributed by atoms with Crippen LogP contribution in [0.4, 0.5) is 0 Å². The smallest absolute Gasteiger partial charge is 0.0382 e. The van der Waals surface area contributed by atoms with Crippen LogP contribution in [0, 0.1) is 5.41 Å². The molecule has 0 aliphatic heterocycles. The fraction of sp³-hybridized carbons (Fsp3) is 1.00. The summed E-state index contributed by atoms with van der Waals surface area (Å²) in [6.45, 7) is 7.88. The standard InChI is InChI=1S/C13H28N2S/c1-11(9-16-5)15(4)13(10-14)8-6-7-12(13,2)3/h11H,6-10,14H2,1-5H3. The molecule has 16 heavy (non-hydrogen) atoms. The molecular weight excluding hydrogens is 216 g/mol. The molecule has 1 rings (SSSR count). The van der Waals surface area contributed by atoms with E-state index in [1.807, 2.05) is 11.8 Å². The zero-order valence-corrected chi connectivity index (χ0v) is 12.4. The number of rotatable bonds is 5. The van der Waals surface area contributed by atoms with Crippen molar-refractivity contribution in [1.29, 1.82) is 0 Å². The van der Waals surface area contributed by atoms with Crippen LogP contribution < -0.4 is 5.73 Å². The van der Waals surface area contributed by atoms with E-state index in [2.05, 4.69) is 39.0 Å². The third kappa shape index (κ3) is 2.27. The second-order valence-electron chi connectivity index (χ2n) is 5.89. The van der Waals surface area contributed by atoms with Gasteiger partial charge in [0.25, 0.3) is 0 Å². The predicted octanol–water partition coefficient (Wildman–Crippen LogP) is 2.58. The van der Waals surface area contributed by atoms with Crippen molar-refractivity contribution in [1.82, 2.24) is 4.90 Å². The molecule has 0 spiro atoms. The van der Waals surface area contributed by atoms with Gasteiger partial charge in [0, 0.05) is 23.9 Å². The molecule has 1 aliphatic carbocycles. The van der Waals surface area contributed by atoms with E-state index in [1.165, 1.54) is 25.0 Å². The van der Waals surface area contributed by atoms with Crippen molar-refractivity contribution in [2.45, 2.75) is 51.6 Å². The number of nitrogens with zero attached hydrogens (tertiary/aromatic N) is 1. The third-order valence-electron chi connectivity index (χ3n) is 4.73. The van der Waals surface area contributed by atoms with Crippen LogP contribution >= 0.6 is 11.8 Å². The van der Waals surface area contributed by atoms with Crippen LogP contribution in [-0.2, 0) is 0 Å². The molecule has 1 fully saturated rings. The van der Waals surface area contributed by atoms with E-state index < -0.39 is 0 Å². The lowest BCUT2D eigenvalue weighted by atomic mass is 9.73. The van der Waals surface area contributed by atoms with Crippen LogP contribution in [0.2, 0.25) is 0 Å². The van der Waals surface area contributed by atoms with Gasteiger partial charge in [0.05, 0.1) is 0 Å². The van der Waals surface area contributed by atoms with Crippen LogP contribution in [0.25, 0.3) is 0 Å². The maximum atomic E-state index is 6.13. The Morgan fingerprint density at radius 3 is 2.38 bits per heavy atom. The van der Waals surface area contributed by atoms with Gasteiger partial charge in [-0.25, -0.2) is 0 Å². The number of hydrogen-bond donors (Lipinski definition) is 1. The van der Waals surface area contributed by atoms with E-state index >= 15 is 0 Å². The first-order valence-corrected chi connectivity index (χ1v) is 7.72. The van der Waals surface area contributed by atoms with E-state index in [9.17, 15) is 0 Å². The van der Waals surface area contributed by atoms with Gasteiger partial charge in [-0.1, -0.05) is 20.3 Å².